The van der Waals surface area contributed by atoms with Crippen molar-refractivity contribution in [3.05, 3.63) is 0 Å². The molecular weight excluding hydrogens is 335 g/mol. The van der Waals surface area contributed by atoms with Gasteiger partial charge < -0.3 is 9.84 Å². The van der Waals surface area contributed by atoms with Gasteiger partial charge in [0.1, 0.15) is 17.9 Å². The number of hydrogen-bond acceptors (Lipinski definition) is 4. The second-order valence-corrected chi connectivity index (χ2v) is 9.84. The lowest BCUT2D eigenvalue weighted by Gasteiger charge is -2.62. The molecule has 0 saturated heterocycles. The number of alkyl halides is 1. The van der Waals surface area contributed by atoms with Crippen LogP contribution < -0.4 is 0 Å². The van der Waals surface area contributed by atoms with E-state index in [1.54, 1.807) is 0 Å². The van der Waals surface area contributed by atoms with Gasteiger partial charge in [-0.1, -0.05) is 13.8 Å². The summed E-state index contributed by atoms with van der Waals surface area (Å²) in [5.74, 6) is 0.388. The van der Waals surface area contributed by atoms with Crippen molar-refractivity contribution in [2.45, 2.75) is 90.0 Å². The van der Waals surface area contributed by atoms with Gasteiger partial charge in [-0.3, -0.25) is 9.59 Å². The SMILES string of the molecule is CC(=O)OC1CCC2C3CC(=O)C4(O)CC(F)CCC4(C)C3CCC12C. The summed E-state index contributed by atoms with van der Waals surface area (Å²) >= 11 is 0. The van der Waals surface area contributed by atoms with Crippen LogP contribution in [0.3, 0.4) is 0 Å². The topological polar surface area (TPSA) is 63.6 Å². The first-order valence-electron chi connectivity index (χ1n) is 10.2. The molecule has 8 unspecified atom stereocenters. The summed E-state index contributed by atoms with van der Waals surface area (Å²) in [7, 11) is 0. The maximum atomic E-state index is 14.1. The zero-order valence-electron chi connectivity index (χ0n) is 16.1. The Bertz CT molecular complexity index is 636. The van der Waals surface area contributed by atoms with Gasteiger partial charge >= 0.3 is 5.97 Å². The zero-order chi connectivity index (χ0) is 18.9. The molecule has 0 amide bonds. The number of carbonyl (C=O) groups excluding carboxylic acids is 2. The quantitative estimate of drug-likeness (QED) is 0.720. The van der Waals surface area contributed by atoms with Crippen LogP contribution in [0.15, 0.2) is 0 Å². The molecule has 0 bridgehead atoms. The van der Waals surface area contributed by atoms with Crippen LogP contribution in [0.4, 0.5) is 4.39 Å². The Kier molecular flexibility index (Phi) is 4.08. The predicted octanol–water partition coefficient (Wildman–Crippen LogP) is 3.59. The highest BCUT2D eigenvalue weighted by Gasteiger charge is 2.68. The smallest absolute Gasteiger partial charge is 0.302 e. The Labute approximate surface area is 154 Å². The Morgan fingerprint density at radius 3 is 2.58 bits per heavy atom. The lowest BCUT2D eigenvalue weighted by molar-refractivity contribution is -0.211. The number of aliphatic hydroxyl groups is 1. The van der Waals surface area contributed by atoms with E-state index in [1.165, 1.54) is 6.92 Å². The van der Waals surface area contributed by atoms with Gasteiger partial charge in [0.15, 0.2) is 5.78 Å². The predicted molar refractivity (Wildman–Crippen MR) is 94.0 cm³/mol. The highest BCUT2D eigenvalue weighted by atomic mass is 19.1. The number of fused-ring (bicyclic) bond motifs is 5. The third kappa shape index (κ3) is 2.28. The molecule has 0 heterocycles. The van der Waals surface area contributed by atoms with Gasteiger partial charge in [-0.25, -0.2) is 4.39 Å². The molecule has 0 aromatic rings. The number of ketones is 1. The van der Waals surface area contributed by atoms with Crippen molar-refractivity contribution in [2.75, 3.05) is 0 Å². The molecule has 4 aliphatic rings. The average molecular weight is 366 g/mol. The summed E-state index contributed by atoms with van der Waals surface area (Å²) in [5, 5.41) is 11.2. The van der Waals surface area contributed by atoms with E-state index in [4.69, 9.17) is 4.74 Å². The summed E-state index contributed by atoms with van der Waals surface area (Å²) in [4.78, 5) is 24.5. The number of ether oxygens (including phenoxy) is 1. The molecule has 8 atom stereocenters. The van der Waals surface area contributed by atoms with Crippen molar-refractivity contribution in [3.8, 4) is 0 Å². The van der Waals surface area contributed by atoms with Gasteiger partial charge in [0, 0.05) is 30.6 Å². The third-order valence-corrected chi connectivity index (χ3v) is 8.80. The molecule has 5 heteroatoms. The van der Waals surface area contributed by atoms with Gasteiger partial charge in [-0.2, -0.15) is 0 Å². The minimum atomic E-state index is -1.51. The van der Waals surface area contributed by atoms with Gasteiger partial charge in [0.05, 0.1) is 0 Å². The molecule has 4 fully saturated rings. The minimum absolute atomic E-state index is 0.0381. The van der Waals surface area contributed by atoms with Crippen LogP contribution in [-0.4, -0.2) is 34.7 Å². The van der Waals surface area contributed by atoms with Crippen LogP contribution in [0.5, 0.6) is 0 Å². The fourth-order valence-corrected chi connectivity index (χ4v) is 7.34. The molecule has 0 spiro atoms. The molecule has 26 heavy (non-hydrogen) atoms. The molecular formula is C21H31FO4. The molecule has 4 aliphatic carbocycles. The van der Waals surface area contributed by atoms with Gasteiger partial charge in [0.25, 0.3) is 0 Å². The maximum absolute atomic E-state index is 14.1. The second kappa shape index (κ2) is 5.76. The first-order valence-corrected chi connectivity index (χ1v) is 10.2. The highest BCUT2D eigenvalue weighted by Crippen LogP contribution is 2.66. The van der Waals surface area contributed by atoms with Gasteiger partial charge in [0.2, 0.25) is 0 Å². The Morgan fingerprint density at radius 1 is 1.15 bits per heavy atom. The molecule has 146 valence electrons. The summed E-state index contributed by atoms with van der Waals surface area (Å²) in [6.07, 6.45) is 3.84. The van der Waals surface area contributed by atoms with Crippen LogP contribution in [0.2, 0.25) is 0 Å². The standard InChI is InChI=1S/C21H31FO4/c1-12(23)26-18-5-4-15-14-10-17(24)21(25)11-13(22)6-9-20(21,3)16(14)7-8-19(15,18)2/h13-16,18,25H,4-11H2,1-3H3. The number of rotatable bonds is 1. The number of esters is 1. The van der Waals surface area contributed by atoms with E-state index in [0.29, 0.717) is 25.2 Å². The maximum Gasteiger partial charge on any atom is 0.302 e. The van der Waals surface area contributed by atoms with E-state index >= 15 is 0 Å². The molecule has 0 aromatic carbocycles. The summed E-state index contributed by atoms with van der Waals surface area (Å²) in [6, 6.07) is 0. The lowest BCUT2D eigenvalue weighted by Crippen LogP contribution is -2.67. The summed E-state index contributed by atoms with van der Waals surface area (Å²) in [6.45, 7) is 5.69. The normalized spacial score (nSPS) is 53.4. The lowest BCUT2D eigenvalue weighted by atomic mass is 9.43. The third-order valence-electron chi connectivity index (χ3n) is 8.80. The van der Waals surface area contributed by atoms with Crippen molar-refractivity contribution in [1.82, 2.24) is 0 Å². The first kappa shape index (κ1) is 18.4. The van der Waals surface area contributed by atoms with Crippen molar-refractivity contribution in [1.29, 1.82) is 0 Å². The fraction of sp³-hybridized carbons (Fsp3) is 0.905. The summed E-state index contributed by atoms with van der Waals surface area (Å²) in [5.41, 5.74) is -2.12. The number of halogens is 1. The highest BCUT2D eigenvalue weighted by molar-refractivity contribution is 5.89. The number of hydrogen-bond donors (Lipinski definition) is 1. The molecule has 1 N–H and O–H groups in total. The number of Topliss-reactive ketones (excluding diaryl/α,β-unsaturated/α-hetero) is 1. The Morgan fingerprint density at radius 2 is 1.88 bits per heavy atom. The van der Waals surface area contributed by atoms with Gasteiger partial charge in [-0.05, 0) is 56.3 Å². The van der Waals surface area contributed by atoms with Crippen molar-refractivity contribution >= 4 is 11.8 Å². The molecule has 4 nitrogen and oxygen atoms in total. The molecule has 0 radical (unpaired) electrons. The molecule has 4 saturated carbocycles. The van der Waals surface area contributed by atoms with E-state index in [2.05, 4.69) is 6.92 Å². The van der Waals surface area contributed by atoms with Gasteiger partial charge in [-0.15, -0.1) is 0 Å². The van der Waals surface area contributed by atoms with E-state index in [0.717, 1.165) is 25.7 Å². The van der Waals surface area contributed by atoms with Crippen LogP contribution in [0, 0.1) is 28.6 Å². The van der Waals surface area contributed by atoms with E-state index in [-0.39, 0.29) is 41.5 Å². The summed E-state index contributed by atoms with van der Waals surface area (Å²) < 4.78 is 19.7. The fourth-order valence-electron chi connectivity index (χ4n) is 7.34. The van der Waals surface area contributed by atoms with Crippen LogP contribution in [0.1, 0.15) is 72.1 Å². The average Bonchev–Trinajstić information content (AvgIpc) is 2.87. The Balaban J connectivity index is 1.66. The number of carbonyl (C=O) groups is 2. The van der Waals surface area contributed by atoms with Crippen LogP contribution in [0.25, 0.3) is 0 Å². The monoisotopic (exact) mass is 366 g/mol. The molecule has 4 rings (SSSR count). The van der Waals surface area contributed by atoms with Crippen molar-refractivity contribution < 1.29 is 23.8 Å². The van der Waals surface area contributed by atoms with E-state index < -0.39 is 17.2 Å². The molecule has 0 aliphatic heterocycles. The largest absolute Gasteiger partial charge is 0.462 e. The van der Waals surface area contributed by atoms with Crippen LogP contribution >= 0.6 is 0 Å². The van der Waals surface area contributed by atoms with E-state index in [9.17, 15) is 19.1 Å². The van der Waals surface area contributed by atoms with Crippen molar-refractivity contribution in [3.63, 3.8) is 0 Å². The minimum Gasteiger partial charge on any atom is -0.462 e. The first-order chi connectivity index (χ1) is 12.1. The van der Waals surface area contributed by atoms with Crippen LogP contribution in [-0.2, 0) is 14.3 Å². The molecule has 0 aromatic heterocycles. The van der Waals surface area contributed by atoms with Crippen molar-refractivity contribution in [2.24, 2.45) is 28.6 Å². The Hall–Kier alpha value is -0.970. The second-order valence-electron chi connectivity index (χ2n) is 9.84. The van der Waals surface area contributed by atoms with E-state index in [1.807, 2.05) is 6.92 Å². The zero-order valence-corrected chi connectivity index (χ0v) is 16.1.